The van der Waals surface area contributed by atoms with Crippen molar-refractivity contribution in [3.8, 4) is 0 Å². The van der Waals surface area contributed by atoms with Crippen molar-refractivity contribution in [2.24, 2.45) is 0 Å². The number of amides is 1. The number of carbonyl (C=O) groups is 2. The van der Waals surface area contributed by atoms with Crippen LogP contribution in [0.3, 0.4) is 0 Å². The Labute approximate surface area is 124 Å². The topological polar surface area (TPSA) is 75.6 Å². The van der Waals surface area contributed by atoms with Gasteiger partial charge < -0.3 is 15.2 Å². The number of benzene rings is 1. The number of rotatable bonds is 7. The highest BCUT2D eigenvalue weighted by atomic mass is 16.5. The zero-order valence-corrected chi connectivity index (χ0v) is 12.4. The van der Waals surface area contributed by atoms with Crippen LogP contribution in [0.15, 0.2) is 18.2 Å². The minimum atomic E-state index is -1.00. The number of carbonyl (C=O) groups excluding carboxylic acids is 1. The SMILES string of the molecule is Cc1cc(C)cc(C2(C(=O)NCCOCC(=O)O)CC2)c1. The molecule has 1 saturated carbocycles. The molecular formula is C16H21NO4. The molecule has 1 aliphatic rings. The lowest BCUT2D eigenvalue weighted by Crippen LogP contribution is -2.37. The van der Waals surface area contributed by atoms with Crippen molar-refractivity contribution in [2.75, 3.05) is 19.8 Å². The summed E-state index contributed by atoms with van der Waals surface area (Å²) in [6.07, 6.45) is 1.72. The molecule has 0 unspecified atom stereocenters. The average Bonchev–Trinajstić information content (AvgIpc) is 3.18. The van der Waals surface area contributed by atoms with Gasteiger partial charge in [0.25, 0.3) is 0 Å². The highest BCUT2D eigenvalue weighted by molar-refractivity contribution is 5.91. The third-order valence-corrected chi connectivity index (χ3v) is 3.72. The Morgan fingerprint density at radius 2 is 1.86 bits per heavy atom. The first kappa shape index (κ1) is 15.5. The van der Waals surface area contributed by atoms with Gasteiger partial charge in [-0.15, -0.1) is 0 Å². The maximum atomic E-state index is 12.4. The van der Waals surface area contributed by atoms with E-state index in [2.05, 4.69) is 23.5 Å². The Hall–Kier alpha value is -1.88. The van der Waals surface area contributed by atoms with Crippen LogP contribution >= 0.6 is 0 Å². The molecule has 1 aromatic rings. The van der Waals surface area contributed by atoms with Crippen molar-refractivity contribution in [1.29, 1.82) is 0 Å². The van der Waals surface area contributed by atoms with E-state index in [0.717, 1.165) is 29.5 Å². The Kier molecular flexibility index (Phi) is 4.63. The van der Waals surface area contributed by atoms with E-state index in [0.29, 0.717) is 6.54 Å². The summed E-state index contributed by atoms with van der Waals surface area (Å²) in [6.45, 7) is 4.27. The number of carboxylic acids is 1. The normalized spacial score (nSPS) is 15.5. The predicted molar refractivity (Wildman–Crippen MR) is 78.3 cm³/mol. The van der Waals surface area contributed by atoms with Crippen molar-refractivity contribution in [3.05, 3.63) is 34.9 Å². The second-order valence-electron chi connectivity index (χ2n) is 5.66. The van der Waals surface area contributed by atoms with Gasteiger partial charge in [0.15, 0.2) is 0 Å². The Balaban J connectivity index is 1.91. The van der Waals surface area contributed by atoms with E-state index in [4.69, 9.17) is 9.84 Å². The van der Waals surface area contributed by atoms with Gasteiger partial charge in [0, 0.05) is 6.54 Å². The maximum absolute atomic E-state index is 12.4. The molecule has 21 heavy (non-hydrogen) atoms. The van der Waals surface area contributed by atoms with Crippen molar-refractivity contribution in [1.82, 2.24) is 5.32 Å². The van der Waals surface area contributed by atoms with Crippen molar-refractivity contribution in [3.63, 3.8) is 0 Å². The number of nitrogens with one attached hydrogen (secondary N) is 1. The highest BCUT2D eigenvalue weighted by Gasteiger charge is 2.51. The molecule has 0 atom stereocenters. The summed E-state index contributed by atoms with van der Waals surface area (Å²) in [4.78, 5) is 22.7. The van der Waals surface area contributed by atoms with E-state index >= 15 is 0 Å². The summed E-state index contributed by atoms with van der Waals surface area (Å²) >= 11 is 0. The minimum absolute atomic E-state index is 0.00595. The molecule has 2 N–H and O–H groups in total. The maximum Gasteiger partial charge on any atom is 0.329 e. The zero-order valence-electron chi connectivity index (χ0n) is 12.4. The number of hydrogen-bond donors (Lipinski definition) is 2. The molecule has 1 aliphatic carbocycles. The zero-order chi connectivity index (χ0) is 15.5. The Morgan fingerprint density at radius 1 is 1.24 bits per heavy atom. The fraction of sp³-hybridized carbons (Fsp3) is 0.500. The van der Waals surface area contributed by atoms with Crippen LogP contribution in [0.2, 0.25) is 0 Å². The smallest absolute Gasteiger partial charge is 0.329 e. The standard InChI is InChI=1S/C16H21NO4/c1-11-7-12(2)9-13(8-11)16(3-4-16)15(20)17-5-6-21-10-14(18)19/h7-9H,3-6,10H2,1-2H3,(H,17,20)(H,18,19). The van der Waals surface area contributed by atoms with Crippen LogP contribution in [0.25, 0.3) is 0 Å². The van der Waals surface area contributed by atoms with Crippen molar-refractivity contribution < 1.29 is 19.4 Å². The lowest BCUT2D eigenvalue weighted by atomic mass is 9.92. The quantitative estimate of drug-likeness (QED) is 0.747. The number of ether oxygens (including phenoxy) is 1. The molecule has 0 aromatic heterocycles. The largest absolute Gasteiger partial charge is 0.480 e. The van der Waals surface area contributed by atoms with Gasteiger partial charge in [-0.1, -0.05) is 29.3 Å². The van der Waals surface area contributed by atoms with Crippen LogP contribution in [-0.2, 0) is 19.7 Å². The molecule has 114 valence electrons. The van der Waals surface area contributed by atoms with Gasteiger partial charge >= 0.3 is 5.97 Å². The molecule has 0 saturated heterocycles. The van der Waals surface area contributed by atoms with Crippen LogP contribution in [0.5, 0.6) is 0 Å². The Bertz CT molecular complexity index is 529. The van der Waals surface area contributed by atoms with Gasteiger partial charge in [0.05, 0.1) is 12.0 Å². The number of hydrogen-bond acceptors (Lipinski definition) is 3. The molecule has 5 heteroatoms. The number of aliphatic carboxylic acids is 1. The minimum Gasteiger partial charge on any atom is -0.480 e. The van der Waals surface area contributed by atoms with Crippen LogP contribution in [0.1, 0.15) is 29.5 Å². The molecule has 1 aromatic carbocycles. The molecule has 0 bridgehead atoms. The van der Waals surface area contributed by atoms with Gasteiger partial charge in [-0.25, -0.2) is 4.79 Å². The summed E-state index contributed by atoms with van der Waals surface area (Å²) in [6, 6.07) is 6.23. The second kappa shape index (κ2) is 6.26. The molecule has 0 spiro atoms. The molecule has 0 heterocycles. The van der Waals surface area contributed by atoms with Crippen LogP contribution in [0.4, 0.5) is 0 Å². The third kappa shape index (κ3) is 3.82. The lowest BCUT2D eigenvalue weighted by molar-refractivity contribution is -0.142. The van der Waals surface area contributed by atoms with Gasteiger partial charge in [0.1, 0.15) is 6.61 Å². The van der Waals surface area contributed by atoms with Crippen molar-refractivity contribution in [2.45, 2.75) is 32.1 Å². The number of aryl methyl sites for hydroxylation is 2. The first-order valence-corrected chi connectivity index (χ1v) is 7.11. The van der Waals surface area contributed by atoms with E-state index in [1.807, 2.05) is 13.8 Å². The molecule has 2 rings (SSSR count). The van der Waals surface area contributed by atoms with Gasteiger partial charge in [-0.2, -0.15) is 0 Å². The van der Waals surface area contributed by atoms with Crippen LogP contribution < -0.4 is 5.32 Å². The first-order chi connectivity index (χ1) is 9.94. The summed E-state index contributed by atoms with van der Waals surface area (Å²) in [5.41, 5.74) is 3.00. The van der Waals surface area contributed by atoms with E-state index in [1.165, 1.54) is 0 Å². The first-order valence-electron chi connectivity index (χ1n) is 7.11. The molecule has 1 fully saturated rings. The summed E-state index contributed by atoms with van der Waals surface area (Å²) in [5, 5.41) is 11.3. The van der Waals surface area contributed by atoms with Crippen LogP contribution in [0, 0.1) is 13.8 Å². The van der Waals surface area contributed by atoms with E-state index in [-0.39, 0.29) is 19.1 Å². The van der Waals surface area contributed by atoms with E-state index < -0.39 is 11.4 Å². The second-order valence-corrected chi connectivity index (χ2v) is 5.66. The monoisotopic (exact) mass is 291 g/mol. The molecule has 0 radical (unpaired) electrons. The molecule has 1 amide bonds. The van der Waals surface area contributed by atoms with Crippen LogP contribution in [-0.4, -0.2) is 36.7 Å². The summed E-state index contributed by atoms with van der Waals surface area (Å²) in [7, 11) is 0. The molecular weight excluding hydrogens is 270 g/mol. The third-order valence-electron chi connectivity index (χ3n) is 3.72. The predicted octanol–water partition coefficient (Wildman–Crippen LogP) is 1.55. The van der Waals surface area contributed by atoms with Crippen molar-refractivity contribution >= 4 is 11.9 Å². The number of carboxylic acid groups (broad SMARTS) is 1. The van der Waals surface area contributed by atoms with E-state index in [9.17, 15) is 9.59 Å². The van der Waals surface area contributed by atoms with Gasteiger partial charge in [-0.3, -0.25) is 4.79 Å². The molecule has 5 nitrogen and oxygen atoms in total. The molecule has 0 aliphatic heterocycles. The lowest BCUT2D eigenvalue weighted by Gasteiger charge is -2.17. The van der Waals surface area contributed by atoms with E-state index in [1.54, 1.807) is 0 Å². The summed E-state index contributed by atoms with van der Waals surface area (Å²) < 4.78 is 4.91. The Morgan fingerprint density at radius 3 is 2.38 bits per heavy atom. The average molecular weight is 291 g/mol. The van der Waals surface area contributed by atoms with Gasteiger partial charge in [0.2, 0.25) is 5.91 Å². The summed E-state index contributed by atoms with van der Waals surface area (Å²) in [5.74, 6) is -0.998. The fourth-order valence-electron chi connectivity index (χ4n) is 2.59. The fourth-order valence-corrected chi connectivity index (χ4v) is 2.59. The van der Waals surface area contributed by atoms with Gasteiger partial charge in [-0.05, 0) is 32.3 Å². The highest BCUT2D eigenvalue weighted by Crippen LogP contribution is 2.48.